The van der Waals surface area contributed by atoms with E-state index in [1.807, 2.05) is 0 Å². The van der Waals surface area contributed by atoms with E-state index in [4.69, 9.17) is 5.73 Å². The van der Waals surface area contributed by atoms with Gasteiger partial charge in [-0.15, -0.1) is 0 Å². The Kier molecular flexibility index (Phi) is 4.75. The highest BCUT2D eigenvalue weighted by molar-refractivity contribution is 4.94. The molecule has 1 aromatic rings. The van der Waals surface area contributed by atoms with Crippen molar-refractivity contribution in [3.63, 3.8) is 0 Å². The summed E-state index contributed by atoms with van der Waals surface area (Å²) in [4.78, 5) is 4.51. The average Bonchev–Trinajstić information content (AvgIpc) is 2.68. The average molecular weight is 210 g/mol. The molecule has 1 unspecified atom stereocenters. The maximum atomic E-state index is 5.61. The van der Waals surface area contributed by atoms with Crippen molar-refractivity contribution >= 4 is 0 Å². The minimum atomic E-state index is 0.415. The maximum Gasteiger partial charge on any atom is 0.150 e. The van der Waals surface area contributed by atoms with Crippen LogP contribution < -0.4 is 5.73 Å². The molecule has 0 aliphatic rings. The van der Waals surface area contributed by atoms with E-state index in [-0.39, 0.29) is 0 Å². The third kappa shape index (κ3) is 2.78. The van der Waals surface area contributed by atoms with Gasteiger partial charge in [0.2, 0.25) is 0 Å². The molecule has 86 valence electrons. The van der Waals surface area contributed by atoms with Gasteiger partial charge >= 0.3 is 0 Å². The van der Waals surface area contributed by atoms with E-state index in [1.165, 1.54) is 0 Å². The van der Waals surface area contributed by atoms with Gasteiger partial charge in [-0.3, -0.25) is 0 Å². The lowest BCUT2D eigenvalue weighted by Crippen LogP contribution is -2.17. The van der Waals surface area contributed by atoms with Crippen LogP contribution in [0.3, 0.4) is 0 Å². The first-order chi connectivity index (χ1) is 7.26. The second-order valence-electron chi connectivity index (χ2n) is 3.74. The summed E-state index contributed by atoms with van der Waals surface area (Å²) < 4.78 is 2.08. The van der Waals surface area contributed by atoms with Crippen molar-refractivity contribution in [3.05, 3.63) is 11.6 Å². The predicted octanol–water partition coefficient (Wildman–Crippen LogP) is 1.70. The number of hydrogen-bond donors (Lipinski definition) is 1. The molecule has 0 bridgehead atoms. The molecule has 0 amide bonds. The van der Waals surface area contributed by atoms with Gasteiger partial charge in [0.1, 0.15) is 5.82 Å². The smallest absolute Gasteiger partial charge is 0.150 e. The van der Waals surface area contributed by atoms with Crippen LogP contribution >= 0.6 is 0 Å². The fourth-order valence-electron chi connectivity index (χ4n) is 1.78. The largest absolute Gasteiger partial charge is 0.330 e. The van der Waals surface area contributed by atoms with Gasteiger partial charge in [-0.25, -0.2) is 9.67 Å². The van der Waals surface area contributed by atoms with Crippen molar-refractivity contribution in [2.24, 2.45) is 5.73 Å². The Balaban J connectivity index is 2.93. The van der Waals surface area contributed by atoms with Crippen LogP contribution in [0.4, 0.5) is 0 Å². The normalized spacial score (nSPS) is 13.1. The molecule has 2 N–H and O–H groups in total. The number of nitrogens with two attached hydrogens (primary N) is 1. The van der Waals surface area contributed by atoms with Crippen LogP contribution in [0.25, 0.3) is 0 Å². The summed E-state index contributed by atoms with van der Waals surface area (Å²) in [6.45, 7) is 7.09. The van der Waals surface area contributed by atoms with Gasteiger partial charge in [-0.05, 0) is 19.4 Å². The topological polar surface area (TPSA) is 56.7 Å². The van der Waals surface area contributed by atoms with Crippen molar-refractivity contribution in [2.75, 3.05) is 6.54 Å². The number of hydrogen-bond acceptors (Lipinski definition) is 3. The van der Waals surface area contributed by atoms with E-state index in [1.54, 1.807) is 0 Å². The summed E-state index contributed by atoms with van der Waals surface area (Å²) in [5, 5.41) is 4.54. The Morgan fingerprint density at radius 2 is 2.00 bits per heavy atom. The molecule has 1 heterocycles. The van der Waals surface area contributed by atoms with Gasteiger partial charge in [0, 0.05) is 12.8 Å². The summed E-state index contributed by atoms with van der Waals surface area (Å²) >= 11 is 0. The highest BCUT2D eigenvalue weighted by Crippen LogP contribution is 2.16. The predicted molar refractivity (Wildman–Crippen MR) is 61.8 cm³/mol. The van der Waals surface area contributed by atoms with E-state index in [9.17, 15) is 0 Å². The molecular formula is C11H22N4. The third-order valence-electron chi connectivity index (χ3n) is 2.70. The van der Waals surface area contributed by atoms with Crippen molar-refractivity contribution in [3.8, 4) is 0 Å². The highest BCUT2D eigenvalue weighted by Gasteiger charge is 2.14. The van der Waals surface area contributed by atoms with Crippen LogP contribution in [0.1, 0.15) is 51.3 Å². The fourth-order valence-corrected chi connectivity index (χ4v) is 1.78. The third-order valence-corrected chi connectivity index (χ3v) is 2.70. The minimum absolute atomic E-state index is 0.415. The zero-order valence-electron chi connectivity index (χ0n) is 10.0. The van der Waals surface area contributed by atoms with Gasteiger partial charge in [-0.1, -0.05) is 20.8 Å². The maximum absolute atomic E-state index is 5.61. The Bertz CT molecular complexity index is 293. The number of aromatic nitrogens is 3. The van der Waals surface area contributed by atoms with Crippen LogP contribution in [-0.2, 0) is 12.8 Å². The molecule has 0 spiro atoms. The Morgan fingerprint density at radius 3 is 2.47 bits per heavy atom. The lowest BCUT2D eigenvalue weighted by atomic mass is 10.1. The van der Waals surface area contributed by atoms with Crippen LogP contribution in [0.2, 0.25) is 0 Å². The highest BCUT2D eigenvalue weighted by atomic mass is 15.4. The number of rotatable bonds is 6. The van der Waals surface area contributed by atoms with E-state index >= 15 is 0 Å². The zero-order valence-corrected chi connectivity index (χ0v) is 10.0. The zero-order chi connectivity index (χ0) is 11.3. The molecule has 0 aromatic carbocycles. The van der Waals surface area contributed by atoms with Crippen LogP contribution in [0, 0.1) is 0 Å². The first-order valence-electron chi connectivity index (χ1n) is 5.91. The molecule has 0 fully saturated rings. The second kappa shape index (κ2) is 5.85. The summed E-state index contributed by atoms with van der Waals surface area (Å²) in [6.07, 6.45) is 3.89. The summed E-state index contributed by atoms with van der Waals surface area (Å²) in [7, 11) is 0. The molecule has 0 saturated carbocycles. The molecule has 4 heteroatoms. The molecule has 4 nitrogen and oxygen atoms in total. The van der Waals surface area contributed by atoms with Crippen molar-refractivity contribution in [1.29, 1.82) is 0 Å². The molecule has 0 aliphatic heterocycles. The van der Waals surface area contributed by atoms with E-state index in [0.717, 1.165) is 37.3 Å². The SMILES string of the molecule is CCc1nc(CC)n(C(CC)CCN)n1. The lowest BCUT2D eigenvalue weighted by Gasteiger charge is -2.15. The molecule has 0 aliphatic carbocycles. The van der Waals surface area contributed by atoms with Crippen molar-refractivity contribution < 1.29 is 0 Å². The van der Waals surface area contributed by atoms with Gasteiger partial charge in [0.25, 0.3) is 0 Å². The Hall–Kier alpha value is -0.900. The van der Waals surface area contributed by atoms with E-state index < -0.39 is 0 Å². The number of nitrogens with zero attached hydrogens (tertiary/aromatic N) is 3. The summed E-state index contributed by atoms with van der Waals surface area (Å²) in [5.74, 6) is 2.04. The Morgan fingerprint density at radius 1 is 1.27 bits per heavy atom. The standard InChI is InChI=1S/C11H22N4/c1-4-9(7-8-12)15-11(6-3)13-10(5-2)14-15/h9H,4-8,12H2,1-3H3. The number of aryl methyl sites for hydroxylation is 2. The van der Waals surface area contributed by atoms with E-state index in [0.29, 0.717) is 12.6 Å². The monoisotopic (exact) mass is 210 g/mol. The fraction of sp³-hybridized carbons (Fsp3) is 0.818. The minimum Gasteiger partial charge on any atom is -0.330 e. The van der Waals surface area contributed by atoms with Gasteiger partial charge in [0.15, 0.2) is 5.82 Å². The van der Waals surface area contributed by atoms with Gasteiger partial charge < -0.3 is 5.73 Å². The van der Waals surface area contributed by atoms with Crippen LogP contribution in [0.15, 0.2) is 0 Å². The molecule has 0 saturated heterocycles. The molecule has 1 atom stereocenters. The molecule has 1 rings (SSSR count). The van der Waals surface area contributed by atoms with Gasteiger partial charge in [0.05, 0.1) is 6.04 Å². The lowest BCUT2D eigenvalue weighted by molar-refractivity contribution is 0.402. The van der Waals surface area contributed by atoms with Crippen LogP contribution in [0.5, 0.6) is 0 Å². The first-order valence-corrected chi connectivity index (χ1v) is 5.91. The molecular weight excluding hydrogens is 188 g/mol. The summed E-state index contributed by atoms with van der Waals surface area (Å²) in [6, 6.07) is 0.415. The quantitative estimate of drug-likeness (QED) is 0.777. The molecule has 15 heavy (non-hydrogen) atoms. The second-order valence-corrected chi connectivity index (χ2v) is 3.74. The molecule has 0 radical (unpaired) electrons. The first kappa shape index (κ1) is 12.2. The Labute approximate surface area is 91.9 Å². The van der Waals surface area contributed by atoms with Crippen molar-refractivity contribution in [2.45, 2.75) is 52.5 Å². The van der Waals surface area contributed by atoms with Crippen LogP contribution in [-0.4, -0.2) is 21.3 Å². The molecule has 1 aromatic heterocycles. The van der Waals surface area contributed by atoms with Gasteiger partial charge in [-0.2, -0.15) is 5.10 Å². The van der Waals surface area contributed by atoms with E-state index in [2.05, 4.69) is 35.5 Å². The summed E-state index contributed by atoms with van der Waals surface area (Å²) in [5.41, 5.74) is 5.61. The van der Waals surface area contributed by atoms with Crippen molar-refractivity contribution in [1.82, 2.24) is 14.8 Å².